The molecule has 8 heteroatoms. The molecule has 2 fully saturated rings. The third-order valence-electron chi connectivity index (χ3n) is 4.04. The minimum Gasteiger partial charge on any atom is -0.322 e. The van der Waals surface area contributed by atoms with Gasteiger partial charge in [-0.25, -0.2) is 0 Å². The van der Waals surface area contributed by atoms with Gasteiger partial charge in [0.2, 0.25) is 11.8 Å². The molecule has 2 aliphatic rings. The monoisotopic (exact) mass is 330 g/mol. The highest BCUT2D eigenvalue weighted by Crippen LogP contribution is 2.32. The number of carbonyl (C=O) groups excluding carboxylic acids is 3. The molecule has 0 aromatic carbocycles. The second-order valence-corrected chi connectivity index (χ2v) is 6.67. The number of H-pyrrole nitrogens is 1. The highest BCUT2D eigenvalue weighted by molar-refractivity contribution is 7.13. The summed E-state index contributed by atoms with van der Waals surface area (Å²) >= 11 is 1.55. The van der Waals surface area contributed by atoms with Crippen LogP contribution in [0.3, 0.4) is 0 Å². The molecule has 0 radical (unpaired) electrons. The molecule has 0 spiro atoms. The van der Waals surface area contributed by atoms with Crippen LogP contribution in [0.2, 0.25) is 0 Å². The Morgan fingerprint density at radius 3 is 2.78 bits per heavy atom. The minimum atomic E-state index is -0.718. The van der Waals surface area contributed by atoms with Gasteiger partial charge in [0.15, 0.2) is 5.69 Å². The first-order valence-electron chi connectivity index (χ1n) is 7.39. The molecule has 0 bridgehead atoms. The molecule has 3 heterocycles. The van der Waals surface area contributed by atoms with Gasteiger partial charge in [-0.3, -0.25) is 24.8 Å². The third-order valence-corrected chi connectivity index (χ3v) is 4.94. The molecule has 1 aliphatic heterocycles. The van der Waals surface area contributed by atoms with Gasteiger partial charge < -0.3 is 4.90 Å². The van der Waals surface area contributed by atoms with Crippen LogP contribution >= 0.6 is 11.3 Å². The summed E-state index contributed by atoms with van der Waals surface area (Å²) in [5, 5.41) is 11.2. The SMILES string of the molecule is O=C1C[C@@H](N(C(=O)c2cc(-c3cccs3)[nH]n2)C2CC2)C(=O)N1. The molecule has 2 aromatic rings. The molecule has 7 nitrogen and oxygen atoms in total. The van der Waals surface area contributed by atoms with Crippen LogP contribution in [0.5, 0.6) is 0 Å². The van der Waals surface area contributed by atoms with Crippen molar-refractivity contribution in [2.24, 2.45) is 0 Å². The molecule has 1 saturated carbocycles. The summed E-state index contributed by atoms with van der Waals surface area (Å²) in [5.74, 6) is -1.04. The van der Waals surface area contributed by atoms with Crippen LogP contribution in [0.15, 0.2) is 23.6 Å². The summed E-state index contributed by atoms with van der Waals surface area (Å²) in [6.45, 7) is 0. The molecule has 23 heavy (non-hydrogen) atoms. The van der Waals surface area contributed by atoms with Crippen molar-refractivity contribution in [3.8, 4) is 10.6 Å². The van der Waals surface area contributed by atoms with E-state index in [1.807, 2.05) is 17.5 Å². The zero-order valence-corrected chi connectivity index (χ0v) is 12.9. The van der Waals surface area contributed by atoms with E-state index >= 15 is 0 Å². The summed E-state index contributed by atoms with van der Waals surface area (Å²) in [4.78, 5) is 38.7. The highest BCUT2D eigenvalue weighted by atomic mass is 32.1. The second-order valence-electron chi connectivity index (χ2n) is 5.72. The molecule has 2 aromatic heterocycles. The minimum absolute atomic E-state index is 0.0195. The van der Waals surface area contributed by atoms with Gasteiger partial charge in [-0.2, -0.15) is 5.10 Å². The molecular formula is C15H14N4O3S. The smallest absolute Gasteiger partial charge is 0.275 e. The Bertz CT molecular complexity index is 779. The maximum atomic E-state index is 12.8. The largest absolute Gasteiger partial charge is 0.322 e. The fourth-order valence-corrected chi connectivity index (χ4v) is 3.49. The quantitative estimate of drug-likeness (QED) is 0.822. The van der Waals surface area contributed by atoms with Crippen molar-refractivity contribution in [3.05, 3.63) is 29.3 Å². The summed E-state index contributed by atoms with van der Waals surface area (Å²) in [6.07, 6.45) is 1.74. The standard InChI is InChI=1S/C15H14N4O3S/c20-13-7-11(14(21)16-13)19(8-3-4-8)15(22)10-6-9(17-18-10)12-2-1-5-23-12/h1-2,5-6,8,11H,3-4,7H2,(H,17,18)(H,16,20,21)/t11-/m1/s1. The van der Waals surface area contributed by atoms with E-state index in [4.69, 9.17) is 0 Å². The van der Waals surface area contributed by atoms with Crippen LogP contribution in [0, 0.1) is 0 Å². The highest BCUT2D eigenvalue weighted by Gasteiger charge is 2.45. The van der Waals surface area contributed by atoms with E-state index in [1.165, 1.54) is 4.90 Å². The van der Waals surface area contributed by atoms with Crippen molar-refractivity contribution in [3.63, 3.8) is 0 Å². The Morgan fingerprint density at radius 2 is 2.17 bits per heavy atom. The van der Waals surface area contributed by atoms with Gasteiger partial charge in [0.25, 0.3) is 5.91 Å². The van der Waals surface area contributed by atoms with Crippen molar-refractivity contribution < 1.29 is 14.4 Å². The predicted molar refractivity (Wildman–Crippen MR) is 82.6 cm³/mol. The number of aromatic amines is 1. The normalized spacial score (nSPS) is 20.6. The van der Waals surface area contributed by atoms with Crippen molar-refractivity contribution in [1.82, 2.24) is 20.4 Å². The molecule has 1 atom stereocenters. The lowest BCUT2D eigenvalue weighted by atomic mass is 10.1. The number of hydrogen-bond acceptors (Lipinski definition) is 5. The van der Waals surface area contributed by atoms with Crippen molar-refractivity contribution >= 4 is 29.1 Å². The molecule has 1 aliphatic carbocycles. The van der Waals surface area contributed by atoms with E-state index < -0.39 is 11.9 Å². The van der Waals surface area contributed by atoms with Crippen LogP contribution in [-0.4, -0.2) is 44.9 Å². The first-order valence-corrected chi connectivity index (χ1v) is 8.27. The molecule has 2 N–H and O–H groups in total. The van der Waals surface area contributed by atoms with Gasteiger partial charge in [0.1, 0.15) is 6.04 Å². The fraction of sp³-hybridized carbons (Fsp3) is 0.333. The van der Waals surface area contributed by atoms with E-state index in [-0.39, 0.29) is 30.0 Å². The zero-order valence-electron chi connectivity index (χ0n) is 12.1. The lowest BCUT2D eigenvalue weighted by molar-refractivity contribution is -0.126. The Balaban J connectivity index is 1.61. The molecule has 0 unspecified atom stereocenters. The van der Waals surface area contributed by atoms with Crippen LogP contribution in [-0.2, 0) is 9.59 Å². The molecule has 118 valence electrons. The van der Waals surface area contributed by atoms with E-state index in [2.05, 4.69) is 15.5 Å². The number of thiophene rings is 1. The van der Waals surface area contributed by atoms with Crippen molar-refractivity contribution in [2.75, 3.05) is 0 Å². The van der Waals surface area contributed by atoms with E-state index in [9.17, 15) is 14.4 Å². The molecule has 1 saturated heterocycles. The van der Waals surface area contributed by atoms with E-state index in [0.717, 1.165) is 23.4 Å². The number of rotatable bonds is 4. The van der Waals surface area contributed by atoms with Gasteiger partial charge in [0, 0.05) is 6.04 Å². The summed E-state index contributed by atoms with van der Waals surface area (Å²) in [6, 6.07) is 4.86. The second kappa shape index (κ2) is 5.31. The Morgan fingerprint density at radius 1 is 1.35 bits per heavy atom. The first-order chi connectivity index (χ1) is 11.1. The average Bonchev–Trinajstić information content (AvgIpc) is 2.95. The molecular weight excluding hydrogens is 316 g/mol. The summed E-state index contributed by atoms with van der Waals surface area (Å²) < 4.78 is 0. The van der Waals surface area contributed by atoms with Gasteiger partial charge in [-0.15, -0.1) is 11.3 Å². The first kappa shape index (κ1) is 14.1. The number of amides is 3. The Kier molecular flexibility index (Phi) is 3.26. The fourth-order valence-electron chi connectivity index (χ4n) is 2.80. The van der Waals surface area contributed by atoms with Gasteiger partial charge in [-0.05, 0) is 30.4 Å². The van der Waals surface area contributed by atoms with E-state index in [1.54, 1.807) is 17.4 Å². The van der Waals surface area contributed by atoms with Crippen LogP contribution in [0.4, 0.5) is 0 Å². The maximum absolute atomic E-state index is 12.8. The lowest BCUT2D eigenvalue weighted by Gasteiger charge is -2.25. The Hall–Kier alpha value is -2.48. The number of imide groups is 1. The third kappa shape index (κ3) is 2.55. The zero-order chi connectivity index (χ0) is 16.0. The summed E-state index contributed by atoms with van der Waals surface area (Å²) in [7, 11) is 0. The maximum Gasteiger partial charge on any atom is 0.275 e. The van der Waals surface area contributed by atoms with E-state index in [0.29, 0.717) is 0 Å². The number of hydrogen-bond donors (Lipinski definition) is 2. The summed E-state index contributed by atoms with van der Waals surface area (Å²) in [5.41, 5.74) is 1.04. The molecule has 4 rings (SSSR count). The predicted octanol–water partition coefficient (Wildman–Crippen LogP) is 1.16. The van der Waals surface area contributed by atoms with Crippen LogP contribution in [0.1, 0.15) is 29.8 Å². The average molecular weight is 330 g/mol. The topological polar surface area (TPSA) is 95.2 Å². The van der Waals surface area contributed by atoms with Crippen molar-refractivity contribution in [2.45, 2.75) is 31.3 Å². The van der Waals surface area contributed by atoms with Gasteiger partial charge in [0.05, 0.1) is 17.0 Å². The van der Waals surface area contributed by atoms with Crippen molar-refractivity contribution in [1.29, 1.82) is 0 Å². The number of aromatic nitrogens is 2. The van der Waals surface area contributed by atoms with Crippen LogP contribution in [0.25, 0.3) is 10.6 Å². The van der Waals surface area contributed by atoms with Gasteiger partial charge >= 0.3 is 0 Å². The molecule has 3 amide bonds. The number of nitrogens with zero attached hydrogens (tertiary/aromatic N) is 2. The van der Waals surface area contributed by atoms with Crippen LogP contribution < -0.4 is 5.32 Å². The Labute approximate surface area is 135 Å². The lowest BCUT2D eigenvalue weighted by Crippen LogP contribution is -2.46. The number of carbonyl (C=O) groups is 3. The van der Waals surface area contributed by atoms with Gasteiger partial charge in [-0.1, -0.05) is 6.07 Å². The number of nitrogens with one attached hydrogen (secondary N) is 2.